The van der Waals surface area contributed by atoms with Gasteiger partial charge in [0.2, 0.25) is 10.0 Å². The Hall–Kier alpha value is -2.58. The molecule has 1 saturated heterocycles. The van der Waals surface area contributed by atoms with Crippen LogP contribution in [0.3, 0.4) is 0 Å². The van der Waals surface area contributed by atoms with E-state index in [9.17, 15) is 13.2 Å². The van der Waals surface area contributed by atoms with Crippen molar-refractivity contribution in [1.29, 1.82) is 0 Å². The van der Waals surface area contributed by atoms with E-state index in [4.69, 9.17) is 9.47 Å². The molecule has 1 N–H and O–H groups in total. The van der Waals surface area contributed by atoms with Gasteiger partial charge < -0.3 is 14.8 Å². The lowest BCUT2D eigenvalue weighted by atomic mass is 10.1. The summed E-state index contributed by atoms with van der Waals surface area (Å²) < 4.78 is 37.6. The highest BCUT2D eigenvalue weighted by Crippen LogP contribution is 2.22. The third-order valence-electron chi connectivity index (χ3n) is 4.78. The van der Waals surface area contributed by atoms with Crippen molar-refractivity contribution in [1.82, 2.24) is 9.62 Å². The van der Waals surface area contributed by atoms with Gasteiger partial charge in [-0.2, -0.15) is 4.31 Å². The lowest BCUT2D eigenvalue weighted by molar-refractivity contribution is -0.123. The van der Waals surface area contributed by atoms with E-state index in [-0.39, 0.29) is 24.0 Å². The molecule has 1 heterocycles. The summed E-state index contributed by atoms with van der Waals surface area (Å²) >= 11 is 0. The maximum absolute atomic E-state index is 12.5. The second-order valence-electron chi connectivity index (χ2n) is 7.39. The Morgan fingerprint density at radius 2 is 1.60 bits per heavy atom. The minimum Gasteiger partial charge on any atom is -0.492 e. The fourth-order valence-corrected chi connectivity index (χ4v) is 4.88. The van der Waals surface area contributed by atoms with Crippen LogP contribution in [0.15, 0.2) is 47.4 Å². The highest BCUT2D eigenvalue weighted by Gasteiger charge is 2.26. The Morgan fingerprint density at radius 1 is 0.967 bits per heavy atom. The third kappa shape index (κ3) is 5.96. The highest BCUT2D eigenvalue weighted by atomic mass is 32.2. The summed E-state index contributed by atoms with van der Waals surface area (Å²) in [6, 6.07) is 12.2. The molecule has 8 heteroatoms. The first kappa shape index (κ1) is 22.1. The van der Waals surface area contributed by atoms with Crippen molar-refractivity contribution in [2.24, 2.45) is 0 Å². The average Bonchev–Trinajstić information content (AvgIpc) is 3.25. The van der Waals surface area contributed by atoms with E-state index in [2.05, 4.69) is 5.32 Å². The van der Waals surface area contributed by atoms with Crippen LogP contribution in [0.1, 0.15) is 24.0 Å². The van der Waals surface area contributed by atoms with Gasteiger partial charge in [0.05, 0.1) is 11.4 Å². The van der Waals surface area contributed by atoms with E-state index in [1.165, 1.54) is 4.31 Å². The first-order chi connectivity index (χ1) is 14.3. The van der Waals surface area contributed by atoms with Crippen LogP contribution in [-0.4, -0.2) is 51.5 Å². The molecule has 3 rings (SSSR count). The molecule has 0 saturated carbocycles. The lowest BCUT2D eigenvalue weighted by Crippen LogP contribution is -2.32. The van der Waals surface area contributed by atoms with Crippen LogP contribution in [0, 0.1) is 13.8 Å². The number of amides is 1. The maximum atomic E-state index is 12.5. The van der Waals surface area contributed by atoms with Crippen molar-refractivity contribution in [2.75, 3.05) is 32.8 Å². The van der Waals surface area contributed by atoms with E-state index in [1.807, 2.05) is 32.0 Å². The second-order valence-corrected chi connectivity index (χ2v) is 9.33. The number of benzene rings is 2. The summed E-state index contributed by atoms with van der Waals surface area (Å²) in [6.45, 7) is 5.64. The van der Waals surface area contributed by atoms with Crippen LogP contribution in [-0.2, 0) is 14.8 Å². The molecule has 0 aromatic heterocycles. The number of rotatable bonds is 9. The molecular weight excluding hydrogens is 404 g/mol. The number of nitrogens with one attached hydrogen (secondary N) is 1. The van der Waals surface area contributed by atoms with Crippen LogP contribution >= 0.6 is 0 Å². The van der Waals surface area contributed by atoms with Crippen LogP contribution in [0.4, 0.5) is 0 Å². The molecule has 0 bridgehead atoms. The second kappa shape index (κ2) is 9.95. The number of hydrogen-bond donors (Lipinski definition) is 1. The predicted molar refractivity (Wildman–Crippen MR) is 114 cm³/mol. The van der Waals surface area contributed by atoms with Crippen LogP contribution in [0.5, 0.6) is 11.5 Å². The number of ether oxygens (including phenoxy) is 2. The summed E-state index contributed by atoms with van der Waals surface area (Å²) in [7, 11) is -3.42. The van der Waals surface area contributed by atoms with E-state index >= 15 is 0 Å². The number of carbonyl (C=O) groups excluding carboxylic acids is 1. The van der Waals surface area contributed by atoms with E-state index in [1.54, 1.807) is 24.3 Å². The number of hydrogen-bond acceptors (Lipinski definition) is 5. The van der Waals surface area contributed by atoms with Gasteiger partial charge >= 0.3 is 0 Å². The van der Waals surface area contributed by atoms with Crippen molar-refractivity contribution in [2.45, 2.75) is 31.6 Å². The molecule has 7 nitrogen and oxygen atoms in total. The standard InChI is InChI=1S/C22H28N2O5S/c1-17-13-18(2)15-20(14-17)29-16-22(25)23-9-12-28-19-5-7-21(8-6-19)30(26,27)24-10-3-4-11-24/h5-8,13-15H,3-4,9-12,16H2,1-2H3,(H,23,25). The fourth-order valence-electron chi connectivity index (χ4n) is 3.36. The Morgan fingerprint density at radius 3 is 2.23 bits per heavy atom. The molecule has 0 aliphatic carbocycles. The Balaban J connectivity index is 1.39. The number of nitrogens with zero attached hydrogens (tertiary/aromatic N) is 1. The zero-order valence-corrected chi connectivity index (χ0v) is 18.2. The summed E-state index contributed by atoms with van der Waals surface area (Å²) in [5, 5.41) is 2.73. The van der Waals surface area contributed by atoms with E-state index in [0.29, 0.717) is 31.1 Å². The van der Waals surface area contributed by atoms with Crippen molar-refractivity contribution < 1.29 is 22.7 Å². The largest absolute Gasteiger partial charge is 0.492 e. The molecule has 1 fully saturated rings. The molecule has 1 aliphatic rings. The number of carbonyl (C=O) groups is 1. The van der Waals surface area contributed by atoms with Crippen molar-refractivity contribution in [3.63, 3.8) is 0 Å². The van der Waals surface area contributed by atoms with Gasteiger partial charge in [-0.1, -0.05) is 6.07 Å². The molecule has 2 aromatic carbocycles. The minimum atomic E-state index is -3.42. The molecule has 1 amide bonds. The van der Waals surface area contributed by atoms with E-state index < -0.39 is 10.0 Å². The van der Waals surface area contributed by atoms with Gasteiger partial charge in [0.15, 0.2) is 6.61 Å². The molecule has 0 spiro atoms. The normalized spacial score (nSPS) is 14.5. The highest BCUT2D eigenvalue weighted by molar-refractivity contribution is 7.89. The molecule has 0 unspecified atom stereocenters. The fraction of sp³-hybridized carbons (Fsp3) is 0.409. The Labute approximate surface area is 178 Å². The Bertz CT molecular complexity index is 947. The number of sulfonamides is 1. The molecule has 0 radical (unpaired) electrons. The van der Waals surface area contributed by atoms with Crippen molar-refractivity contribution in [3.05, 3.63) is 53.6 Å². The Kier molecular flexibility index (Phi) is 7.33. The van der Waals surface area contributed by atoms with Crippen molar-refractivity contribution in [3.8, 4) is 11.5 Å². The zero-order valence-electron chi connectivity index (χ0n) is 17.4. The van der Waals surface area contributed by atoms with Crippen molar-refractivity contribution >= 4 is 15.9 Å². The molecule has 0 atom stereocenters. The lowest BCUT2D eigenvalue weighted by Gasteiger charge is -2.15. The van der Waals surface area contributed by atoms with Gasteiger partial charge in [0.1, 0.15) is 18.1 Å². The quantitative estimate of drug-likeness (QED) is 0.616. The van der Waals surface area contributed by atoms with Gasteiger partial charge in [-0.25, -0.2) is 8.42 Å². The smallest absolute Gasteiger partial charge is 0.258 e. The topological polar surface area (TPSA) is 84.9 Å². The van der Waals surface area contributed by atoms with Gasteiger partial charge in [0.25, 0.3) is 5.91 Å². The average molecular weight is 433 g/mol. The van der Waals surface area contributed by atoms with Gasteiger partial charge in [-0.3, -0.25) is 4.79 Å². The summed E-state index contributed by atoms with van der Waals surface area (Å²) in [6.07, 6.45) is 1.81. The van der Waals surface area contributed by atoms with Gasteiger partial charge in [-0.05, 0) is 74.2 Å². The molecule has 162 valence electrons. The summed E-state index contributed by atoms with van der Waals surface area (Å²) in [5.41, 5.74) is 2.16. The van der Waals surface area contributed by atoms with Gasteiger partial charge in [0, 0.05) is 13.1 Å². The summed E-state index contributed by atoms with van der Waals surface area (Å²) in [5.74, 6) is 0.990. The first-order valence-corrected chi connectivity index (χ1v) is 11.5. The molecule has 1 aliphatic heterocycles. The van der Waals surface area contributed by atoms with Crippen LogP contribution in [0.2, 0.25) is 0 Å². The van der Waals surface area contributed by atoms with Crippen LogP contribution in [0.25, 0.3) is 0 Å². The monoisotopic (exact) mass is 432 g/mol. The molecular formula is C22H28N2O5S. The third-order valence-corrected chi connectivity index (χ3v) is 6.70. The van der Waals surface area contributed by atoms with Gasteiger partial charge in [-0.15, -0.1) is 0 Å². The zero-order chi connectivity index (χ0) is 21.6. The number of aryl methyl sites for hydroxylation is 2. The molecule has 2 aromatic rings. The van der Waals surface area contributed by atoms with Crippen LogP contribution < -0.4 is 14.8 Å². The SMILES string of the molecule is Cc1cc(C)cc(OCC(=O)NCCOc2ccc(S(=O)(=O)N3CCCC3)cc2)c1. The summed E-state index contributed by atoms with van der Waals surface area (Å²) in [4.78, 5) is 12.2. The molecule has 30 heavy (non-hydrogen) atoms. The predicted octanol–water partition coefficient (Wildman–Crippen LogP) is 2.66. The minimum absolute atomic E-state index is 0.0635. The first-order valence-electron chi connectivity index (χ1n) is 10.1. The maximum Gasteiger partial charge on any atom is 0.258 e. The van der Waals surface area contributed by atoms with E-state index in [0.717, 1.165) is 24.0 Å².